The molecule has 1 saturated heterocycles. The van der Waals surface area contributed by atoms with E-state index >= 15 is 0 Å². The first-order chi connectivity index (χ1) is 22.9. The van der Waals surface area contributed by atoms with Crippen LogP contribution in [0, 0.1) is 12.5 Å². The predicted molar refractivity (Wildman–Crippen MR) is 178 cm³/mol. The number of carbonyl (C=O) groups excluding carboxylic acids is 1. The highest BCUT2D eigenvalue weighted by atomic mass is 35.5. The lowest BCUT2D eigenvalue weighted by Gasteiger charge is -2.41. The molecule has 6 rings (SSSR count). The van der Waals surface area contributed by atoms with Crippen molar-refractivity contribution in [3.63, 3.8) is 0 Å². The van der Waals surface area contributed by atoms with E-state index in [-0.39, 0.29) is 50.5 Å². The van der Waals surface area contributed by atoms with Crippen molar-refractivity contribution in [1.29, 1.82) is 0 Å². The Hall–Kier alpha value is -4.15. The molecule has 10 nitrogen and oxygen atoms in total. The summed E-state index contributed by atoms with van der Waals surface area (Å²) in [6, 6.07) is 5.34. The van der Waals surface area contributed by atoms with Crippen LogP contribution in [0.3, 0.4) is 0 Å². The molecular formula is C34H38ClF3N8O2. The zero-order valence-corrected chi connectivity index (χ0v) is 27.8. The molecule has 2 aromatic heterocycles. The number of rotatable bonds is 10. The van der Waals surface area contributed by atoms with Gasteiger partial charge in [-0.15, -0.1) is 0 Å². The molecule has 1 saturated carbocycles. The Morgan fingerprint density at radius 1 is 1.23 bits per heavy atom. The Labute approximate surface area is 283 Å². The average Bonchev–Trinajstić information content (AvgIpc) is 3.02. The van der Waals surface area contributed by atoms with Gasteiger partial charge in [0.15, 0.2) is 5.83 Å². The normalized spacial score (nSPS) is 19.9. The van der Waals surface area contributed by atoms with Gasteiger partial charge in [0.05, 0.1) is 29.1 Å². The maximum atomic E-state index is 13.9. The molecule has 1 aliphatic carbocycles. The Morgan fingerprint density at radius 3 is 2.75 bits per heavy atom. The molecule has 254 valence electrons. The summed E-state index contributed by atoms with van der Waals surface area (Å²) in [4.78, 5) is 37.8. The fourth-order valence-electron chi connectivity index (χ4n) is 7.14. The van der Waals surface area contributed by atoms with Gasteiger partial charge in [-0.25, -0.2) is 19.7 Å². The summed E-state index contributed by atoms with van der Waals surface area (Å²) in [5.74, 6) is -3.81. The second-order valence-corrected chi connectivity index (χ2v) is 13.5. The largest absolute Gasteiger partial charge is 0.459 e. The zero-order chi connectivity index (χ0) is 34.2. The number of anilines is 2. The lowest BCUT2D eigenvalue weighted by atomic mass is 9.81. The topological polar surface area (TPSA) is 82.3 Å². The number of pyridine rings is 1. The number of alkyl halides is 2. The first-order valence-electron chi connectivity index (χ1n) is 16.1. The Kier molecular flexibility index (Phi) is 9.67. The van der Waals surface area contributed by atoms with Gasteiger partial charge in [-0.05, 0) is 32.4 Å². The highest BCUT2D eigenvalue weighted by molar-refractivity contribution is 6.36. The average molecular weight is 683 g/mol. The monoisotopic (exact) mass is 682 g/mol. The van der Waals surface area contributed by atoms with E-state index in [4.69, 9.17) is 32.9 Å². The molecule has 0 bridgehead atoms. The number of aromatic nitrogens is 3. The second-order valence-electron chi connectivity index (χ2n) is 13.0. The molecule has 48 heavy (non-hydrogen) atoms. The van der Waals surface area contributed by atoms with Gasteiger partial charge in [-0.2, -0.15) is 9.97 Å². The lowest BCUT2D eigenvalue weighted by molar-refractivity contribution is -0.131. The maximum Gasteiger partial charge on any atom is 0.318 e. The number of ether oxygens (including phenoxy) is 1. The number of fused-ring (bicyclic) bond motifs is 2. The van der Waals surface area contributed by atoms with E-state index in [0.29, 0.717) is 50.0 Å². The van der Waals surface area contributed by atoms with Crippen LogP contribution in [0.5, 0.6) is 6.01 Å². The highest BCUT2D eigenvalue weighted by Crippen LogP contribution is 2.42. The van der Waals surface area contributed by atoms with Gasteiger partial charge in [-0.1, -0.05) is 30.3 Å². The summed E-state index contributed by atoms with van der Waals surface area (Å²) >= 11 is 6.66. The molecule has 3 aromatic rings. The van der Waals surface area contributed by atoms with Crippen LogP contribution >= 0.6 is 11.6 Å². The van der Waals surface area contributed by atoms with Crippen LogP contribution in [-0.4, -0.2) is 102 Å². The van der Waals surface area contributed by atoms with Crippen molar-refractivity contribution in [2.45, 2.75) is 50.8 Å². The highest BCUT2D eigenvalue weighted by Gasteiger charge is 2.45. The van der Waals surface area contributed by atoms with Crippen LogP contribution in [0.2, 0.25) is 5.02 Å². The Balaban J connectivity index is 1.28. The number of amides is 1. The first kappa shape index (κ1) is 33.7. The number of likely N-dealkylation sites (N-methyl/N-ethyl adjacent to an activating group) is 1. The first-order valence-corrected chi connectivity index (χ1v) is 16.4. The van der Waals surface area contributed by atoms with Crippen molar-refractivity contribution in [2.75, 3.05) is 62.7 Å². The number of carbonyl (C=O) groups is 1. The summed E-state index contributed by atoms with van der Waals surface area (Å²) in [6.07, 6.45) is 3.66. The van der Waals surface area contributed by atoms with Gasteiger partial charge >= 0.3 is 6.01 Å². The van der Waals surface area contributed by atoms with Gasteiger partial charge < -0.3 is 29.2 Å². The number of nitrogens with zero attached hydrogens (tertiary/aromatic N) is 8. The molecular weight excluding hydrogens is 645 g/mol. The van der Waals surface area contributed by atoms with Gasteiger partial charge in [0.25, 0.3) is 5.91 Å². The molecule has 0 N–H and O–H groups in total. The molecule has 0 spiro atoms. The zero-order valence-electron chi connectivity index (χ0n) is 27.0. The van der Waals surface area contributed by atoms with Crippen molar-refractivity contribution in [1.82, 2.24) is 24.8 Å². The minimum Gasteiger partial charge on any atom is -0.459 e. The van der Waals surface area contributed by atoms with E-state index < -0.39 is 23.7 Å². The van der Waals surface area contributed by atoms with Crippen LogP contribution in [0.1, 0.15) is 31.0 Å². The molecule has 0 radical (unpaired) electrons. The van der Waals surface area contributed by atoms with Crippen molar-refractivity contribution >= 4 is 39.8 Å². The van der Waals surface area contributed by atoms with E-state index in [9.17, 15) is 18.0 Å². The van der Waals surface area contributed by atoms with Gasteiger partial charge in [-0.3, -0.25) is 9.78 Å². The molecule has 2 aliphatic heterocycles. The fraction of sp³-hybridized carbons (Fsp3) is 0.500. The quantitative estimate of drug-likeness (QED) is 0.208. The number of hydrogen-bond donors (Lipinski definition) is 0. The third-order valence-electron chi connectivity index (χ3n) is 9.27. The van der Waals surface area contributed by atoms with E-state index in [0.717, 1.165) is 27.7 Å². The van der Waals surface area contributed by atoms with Gasteiger partial charge in [0.2, 0.25) is 12.5 Å². The van der Waals surface area contributed by atoms with Gasteiger partial charge in [0, 0.05) is 74.6 Å². The molecule has 2 fully saturated rings. The Morgan fingerprint density at radius 2 is 2.02 bits per heavy atom. The number of benzene rings is 1. The fourth-order valence-corrected chi connectivity index (χ4v) is 7.42. The SMILES string of the molecule is [C-]#[N+]C[C@H]1CN(c2nc(O[C@@H](C)CN(C)CC3CC(F)(F)C3)nc3c2CCN(c2cncc4cccc(Cl)c24)C3)CCN1C(=O)C(=C)F. The minimum absolute atomic E-state index is 0.00502. The smallest absolute Gasteiger partial charge is 0.318 e. The van der Waals surface area contributed by atoms with Gasteiger partial charge in [0.1, 0.15) is 18.0 Å². The van der Waals surface area contributed by atoms with Crippen molar-refractivity contribution in [2.24, 2.45) is 5.92 Å². The van der Waals surface area contributed by atoms with Crippen LogP contribution in [-0.2, 0) is 17.8 Å². The lowest BCUT2D eigenvalue weighted by Crippen LogP contribution is -2.57. The molecule has 4 heterocycles. The number of piperazine rings is 1. The summed E-state index contributed by atoms with van der Waals surface area (Å²) in [7, 11) is 1.89. The maximum absolute atomic E-state index is 13.9. The van der Waals surface area contributed by atoms with Crippen LogP contribution in [0.15, 0.2) is 43.0 Å². The van der Waals surface area contributed by atoms with E-state index in [1.165, 1.54) is 4.90 Å². The number of halogens is 4. The molecule has 1 amide bonds. The summed E-state index contributed by atoms with van der Waals surface area (Å²) in [5, 5.41) is 2.46. The van der Waals surface area contributed by atoms with Crippen molar-refractivity contribution < 1.29 is 22.7 Å². The van der Waals surface area contributed by atoms with Crippen molar-refractivity contribution in [3.05, 3.63) is 70.7 Å². The van der Waals surface area contributed by atoms with Crippen LogP contribution < -0.4 is 14.5 Å². The molecule has 14 heteroatoms. The second kappa shape index (κ2) is 13.8. The summed E-state index contributed by atoms with van der Waals surface area (Å²) in [6.45, 7) is 15.5. The number of hydrogen-bond acceptors (Lipinski definition) is 8. The third kappa shape index (κ3) is 7.15. The predicted octanol–water partition coefficient (Wildman–Crippen LogP) is 5.40. The summed E-state index contributed by atoms with van der Waals surface area (Å²) < 4.78 is 46.9. The van der Waals surface area contributed by atoms with Crippen LogP contribution in [0.25, 0.3) is 15.6 Å². The minimum atomic E-state index is -2.56. The van der Waals surface area contributed by atoms with E-state index in [1.54, 1.807) is 12.4 Å². The van der Waals surface area contributed by atoms with E-state index in [1.807, 2.05) is 42.0 Å². The molecule has 0 unspecified atom stereocenters. The molecule has 1 aromatic carbocycles. The summed E-state index contributed by atoms with van der Waals surface area (Å²) in [5.41, 5.74) is 2.59. The van der Waals surface area contributed by atoms with Crippen LogP contribution in [0.4, 0.5) is 24.7 Å². The Bertz CT molecular complexity index is 1740. The van der Waals surface area contributed by atoms with E-state index in [2.05, 4.69) is 21.3 Å². The third-order valence-corrected chi connectivity index (χ3v) is 9.59. The van der Waals surface area contributed by atoms with Crippen molar-refractivity contribution in [3.8, 4) is 6.01 Å². The molecule has 3 aliphatic rings. The standard InChI is InChI=1S/C34H38ClF3N8O2/c1-21(17-43(4)18-23-12-34(37,38)13-23)48-33-41-28-20-44(29-16-40-14-24-6-5-7-27(35)30(24)29)9-8-26(28)31(42-33)45-10-11-46(32(47)22(2)36)25(19-45)15-39-3/h5-7,14,16,21,23,25H,2,8-13,15,17-20H2,1,4H3/t21-,25-/m0/s1. The molecule has 2 atom stereocenters.